The summed E-state index contributed by atoms with van der Waals surface area (Å²) in [5.74, 6) is 2.12. The predicted octanol–water partition coefficient (Wildman–Crippen LogP) is 3.79. The van der Waals surface area contributed by atoms with Gasteiger partial charge in [0.2, 0.25) is 0 Å². The highest BCUT2D eigenvalue weighted by Crippen LogP contribution is 2.31. The highest BCUT2D eigenvalue weighted by atomic mass is 127. The van der Waals surface area contributed by atoms with Crippen molar-refractivity contribution in [3.63, 3.8) is 0 Å². The maximum atomic E-state index is 6.20. The number of aliphatic imine (C=N–C) groups is 1. The number of hydrogen-bond donors (Lipinski definition) is 2. The summed E-state index contributed by atoms with van der Waals surface area (Å²) in [6, 6.07) is 8.75. The Morgan fingerprint density at radius 2 is 2.00 bits per heavy atom. The molecule has 0 bridgehead atoms. The first-order chi connectivity index (χ1) is 12.0. The van der Waals surface area contributed by atoms with Crippen LogP contribution < -0.4 is 15.8 Å². The van der Waals surface area contributed by atoms with Crippen molar-refractivity contribution in [2.24, 2.45) is 16.6 Å². The lowest BCUT2D eigenvalue weighted by molar-refractivity contribution is 0.196. The van der Waals surface area contributed by atoms with Crippen LogP contribution in [0.15, 0.2) is 29.3 Å². The number of nitrogens with two attached hydrogens (primary N) is 1. The molecule has 148 valence electrons. The molecule has 0 aliphatic carbocycles. The second-order valence-corrected chi connectivity index (χ2v) is 7.10. The summed E-state index contributed by atoms with van der Waals surface area (Å²) in [4.78, 5) is 7.13. The number of halogens is 1. The summed E-state index contributed by atoms with van der Waals surface area (Å²) < 4.78 is 5.71. The number of rotatable bonds is 8. The van der Waals surface area contributed by atoms with E-state index in [0.717, 1.165) is 43.8 Å². The second-order valence-electron chi connectivity index (χ2n) is 7.10. The minimum Gasteiger partial charge on any atom is -0.493 e. The summed E-state index contributed by atoms with van der Waals surface area (Å²) in [6.07, 6.45) is 2.04. The minimum absolute atomic E-state index is 0. The average molecular weight is 474 g/mol. The molecule has 26 heavy (non-hydrogen) atoms. The van der Waals surface area contributed by atoms with Crippen LogP contribution in [0.3, 0.4) is 0 Å². The number of benzene rings is 1. The molecule has 1 aliphatic rings. The quantitative estimate of drug-likeness (QED) is 0.342. The van der Waals surface area contributed by atoms with E-state index in [2.05, 4.69) is 49.0 Å². The van der Waals surface area contributed by atoms with E-state index in [0.29, 0.717) is 24.5 Å². The maximum absolute atomic E-state index is 6.20. The Kier molecular flexibility index (Phi) is 10.3. The zero-order chi connectivity index (χ0) is 18.2. The number of guanidine groups is 1. The van der Waals surface area contributed by atoms with Crippen molar-refractivity contribution < 1.29 is 4.74 Å². The fourth-order valence-corrected chi connectivity index (χ4v) is 3.54. The lowest BCUT2D eigenvalue weighted by Gasteiger charge is -2.30. The van der Waals surface area contributed by atoms with Crippen LogP contribution in [0.1, 0.15) is 52.1 Å². The molecule has 1 aromatic rings. The van der Waals surface area contributed by atoms with Gasteiger partial charge in [0.25, 0.3) is 0 Å². The van der Waals surface area contributed by atoms with Gasteiger partial charge in [0.1, 0.15) is 5.75 Å². The molecule has 0 fully saturated rings. The fourth-order valence-electron chi connectivity index (χ4n) is 3.54. The molecular formula is C20H35IN4O. The van der Waals surface area contributed by atoms with Gasteiger partial charge in [-0.15, -0.1) is 24.0 Å². The molecule has 2 rings (SSSR count). The molecule has 1 heterocycles. The Bertz CT molecular complexity index is 560. The molecule has 6 heteroatoms. The van der Waals surface area contributed by atoms with Gasteiger partial charge in [-0.3, -0.25) is 9.89 Å². The van der Waals surface area contributed by atoms with Crippen LogP contribution in [0.2, 0.25) is 0 Å². The van der Waals surface area contributed by atoms with Crippen molar-refractivity contribution in [2.45, 2.75) is 52.6 Å². The summed E-state index contributed by atoms with van der Waals surface area (Å²) >= 11 is 0. The van der Waals surface area contributed by atoms with Gasteiger partial charge in [-0.05, 0) is 31.5 Å². The maximum Gasteiger partial charge on any atom is 0.189 e. The third kappa shape index (κ3) is 6.61. The molecule has 5 nitrogen and oxygen atoms in total. The van der Waals surface area contributed by atoms with Crippen LogP contribution >= 0.6 is 24.0 Å². The number of likely N-dealkylation sites (N-methyl/N-ethyl adjacent to an activating group) is 1. The SMILES string of the molecule is CCN(CC)C(CN=C(N)NC1CCOc2ccccc21)CC(C)C.I. The number of ether oxygens (including phenoxy) is 1. The van der Waals surface area contributed by atoms with Crippen LogP contribution in [-0.4, -0.2) is 43.1 Å². The molecule has 0 radical (unpaired) electrons. The topological polar surface area (TPSA) is 62.9 Å². The Labute approximate surface area is 175 Å². The average Bonchev–Trinajstić information content (AvgIpc) is 2.60. The van der Waals surface area contributed by atoms with E-state index in [-0.39, 0.29) is 30.0 Å². The van der Waals surface area contributed by atoms with Gasteiger partial charge >= 0.3 is 0 Å². The normalized spacial score (nSPS) is 18.1. The molecule has 2 unspecified atom stereocenters. The van der Waals surface area contributed by atoms with Crippen LogP contribution in [0.25, 0.3) is 0 Å². The first-order valence-corrected chi connectivity index (χ1v) is 9.57. The van der Waals surface area contributed by atoms with E-state index in [1.54, 1.807) is 0 Å². The van der Waals surface area contributed by atoms with Gasteiger partial charge in [0, 0.05) is 18.0 Å². The van der Waals surface area contributed by atoms with E-state index < -0.39 is 0 Å². The molecule has 0 saturated carbocycles. The van der Waals surface area contributed by atoms with E-state index >= 15 is 0 Å². The van der Waals surface area contributed by atoms with E-state index in [9.17, 15) is 0 Å². The Morgan fingerprint density at radius 1 is 1.31 bits per heavy atom. The van der Waals surface area contributed by atoms with Gasteiger partial charge in [-0.2, -0.15) is 0 Å². The smallest absolute Gasteiger partial charge is 0.189 e. The van der Waals surface area contributed by atoms with Gasteiger partial charge in [-0.1, -0.05) is 45.9 Å². The number of nitrogens with zero attached hydrogens (tertiary/aromatic N) is 2. The zero-order valence-electron chi connectivity index (χ0n) is 16.6. The van der Waals surface area contributed by atoms with E-state index in [1.165, 1.54) is 0 Å². The highest BCUT2D eigenvalue weighted by molar-refractivity contribution is 14.0. The van der Waals surface area contributed by atoms with E-state index in [4.69, 9.17) is 10.5 Å². The number of fused-ring (bicyclic) bond motifs is 1. The van der Waals surface area contributed by atoms with Crippen molar-refractivity contribution in [3.05, 3.63) is 29.8 Å². The third-order valence-electron chi connectivity index (χ3n) is 4.83. The Morgan fingerprint density at radius 3 is 2.65 bits per heavy atom. The molecule has 0 saturated heterocycles. The molecule has 0 spiro atoms. The van der Waals surface area contributed by atoms with Gasteiger partial charge in [0.15, 0.2) is 5.96 Å². The molecule has 0 aromatic heterocycles. The lowest BCUT2D eigenvalue weighted by Crippen LogP contribution is -2.41. The molecule has 3 N–H and O–H groups in total. The largest absolute Gasteiger partial charge is 0.493 e. The summed E-state index contributed by atoms with van der Waals surface area (Å²) in [7, 11) is 0. The predicted molar refractivity (Wildman–Crippen MR) is 120 cm³/mol. The van der Waals surface area contributed by atoms with Crippen molar-refractivity contribution in [3.8, 4) is 5.75 Å². The minimum atomic E-state index is 0. The van der Waals surface area contributed by atoms with Crippen LogP contribution in [0.5, 0.6) is 5.75 Å². The van der Waals surface area contributed by atoms with Crippen molar-refractivity contribution in [2.75, 3.05) is 26.2 Å². The fraction of sp³-hybridized carbons (Fsp3) is 0.650. The van der Waals surface area contributed by atoms with E-state index in [1.807, 2.05) is 18.2 Å². The standard InChI is InChI=1S/C20H34N4O.HI/c1-5-24(6-2)16(13-15(3)4)14-22-20(21)23-18-11-12-25-19-10-8-7-9-17(18)19;/h7-10,15-16,18H,5-6,11-14H2,1-4H3,(H3,21,22,23);1H. The lowest BCUT2D eigenvalue weighted by atomic mass is 10.0. The van der Waals surface area contributed by atoms with Crippen molar-refractivity contribution >= 4 is 29.9 Å². The van der Waals surface area contributed by atoms with Gasteiger partial charge < -0.3 is 15.8 Å². The highest BCUT2D eigenvalue weighted by Gasteiger charge is 2.22. The van der Waals surface area contributed by atoms with Gasteiger partial charge in [-0.25, -0.2) is 0 Å². The second kappa shape index (κ2) is 11.6. The Hall–Kier alpha value is -1.02. The van der Waals surface area contributed by atoms with Crippen LogP contribution in [0, 0.1) is 5.92 Å². The number of hydrogen-bond acceptors (Lipinski definition) is 3. The van der Waals surface area contributed by atoms with Crippen molar-refractivity contribution in [1.82, 2.24) is 10.2 Å². The van der Waals surface area contributed by atoms with Crippen molar-refractivity contribution in [1.29, 1.82) is 0 Å². The number of para-hydroxylation sites is 1. The molecule has 1 aliphatic heterocycles. The van der Waals surface area contributed by atoms with Crippen LogP contribution in [-0.2, 0) is 0 Å². The molecule has 1 aromatic carbocycles. The first-order valence-electron chi connectivity index (χ1n) is 9.57. The monoisotopic (exact) mass is 474 g/mol. The zero-order valence-corrected chi connectivity index (χ0v) is 18.9. The molecule has 0 amide bonds. The number of nitrogens with one attached hydrogen (secondary N) is 1. The summed E-state index contributed by atoms with van der Waals surface area (Å²) in [5.41, 5.74) is 7.36. The molecular weight excluding hydrogens is 439 g/mol. The Balaban J connectivity index is 0.00000338. The summed E-state index contributed by atoms with van der Waals surface area (Å²) in [5, 5.41) is 3.39. The van der Waals surface area contributed by atoms with Gasteiger partial charge in [0.05, 0.1) is 19.2 Å². The first kappa shape index (κ1) is 23.0. The summed E-state index contributed by atoms with van der Waals surface area (Å²) in [6.45, 7) is 12.5. The molecule has 2 atom stereocenters. The van der Waals surface area contributed by atoms with Crippen LogP contribution in [0.4, 0.5) is 0 Å². The third-order valence-corrected chi connectivity index (χ3v) is 4.83.